The first kappa shape index (κ1) is 23.8. The van der Waals surface area contributed by atoms with E-state index in [0.29, 0.717) is 26.1 Å². The van der Waals surface area contributed by atoms with E-state index >= 15 is 0 Å². The number of rotatable bonds is 15. The molecule has 0 saturated heterocycles. The molecule has 0 heterocycles. The standard InChI is InChI=1S/C17H28O9/c1-3-23-14(18)6-4-7-16(20)25-12-13-26-17(21)9-5-8-15(19)24-11-10-22-2/h3-13H2,1-2H3. The SMILES string of the molecule is CCOC(=O)CCCC(=O)OCCOC(=O)CCCC(=O)OCCOC. The lowest BCUT2D eigenvalue weighted by molar-refractivity contribution is -0.153. The predicted octanol–water partition coefficient (Wildman–Crippen LogP) is 1.17. The van der Waals surface area contributed by atoms with E-state index in [1.165, 1.54) is 7.11 Å². The highest BCUT2D eigenvalue weighted by molar-refractivity contribution is 5.73. The van der Waals surface area contributed by atoms with Crippen LogP contribution in [-0.2, 0) is 42.9 Å². The van der Waals surface area contributed by atoms with Crippen LogP contribution in [0.2, 0.25) is 0 Å². The Bertz CT molecular complexity index is 434. The Labute approximate surface area is 153 Å². The smallest absolute Gasteiger partial charge is 0.305 e. The van der Waals surface area contributed by atoms with Gasteiger partial charge in [0.15, 0.2) is 0 Å². The summed E-state index contributed by atoms with van der Waals surface area (Å²) in [6.07, 6.45) is 1.11. The fraction of sp³-hybridized carbons (Fsp3) is 0.765. The molecule has 0 fully saturated rings. The molecule has 9 nitrogen and oxygen atoms in total. The van der Waals surface area contributed by atoms with Gasteiger partial charge in [-0.05, 0) is 19.8 Å². The van der Waals surface area contributed by atoms with Crippen molar-refractivity contribution in [2.24, 2.45) is 0 Å². The van der Waals surface area contributed by atoms with Gasteiger partial charge in [-0.25, -0.2) is 0 Å². The summed E-state index contributed by atoms with van der Waals surface area (Å²) in [5.41, 5.74) is 0. The zero-order valence-corrected chi connectivity index (χ0v) is 15.5. The van der Waals surface area contributed by atoms with Gasteiger partial charge in [-0.1, -0.05) is 0 Å². The Morgan fingerprint density at radius 2 is 0.923 bits per heavy atom. The van der Waals surface area contributed by atoms with Crippen molar-refractivity contribution in [3.63, 3.8) is 0 Å². The minimum absolute atomic E-state index is 0.0525. The maximum atomic E-state index is 11.5. The first-order chi connectivity index (χ1) is 12.5. The zero-order valence-electron chi connectivity index (χ0n) is 15.5. The van der Waals surface area contributed by atoms with Crippen molar-refractivity contribution in [2.45, 2.75) is 45.4 Å². The van der Waals surface area contributed by atoms with Crippen molar-refractivity contribution in [3.8, 4) is 0 Å². The highest BCUT2D eigenvalue weighted by Crippen LogP contribution is 2.02. The molecular formula is C17H28O9. The average molecular weight is 376 g/mol. The number of carbonyl (C=O) groups is 4. The van der Waals surface area contributed by atoms with Crippen LogP contribution in [0.4, 0.5) is 0 Å². The molecular weight excluding hydrogens is 348 g/mol. The number of hydrogen-bond acceptors (Lipinski definition) is 9. The third-order valence-electron chi connectivity index (χ3n) is 2.99. The quantitative estimate of drug-likeness (QED) is 0.236. The molecule has 9 heteroatoms. The normalized spacial score (nSPS) is 10.1. The molecule has 0 spiro atoms. The second-order valence-corrected chi connectivity index (χ2v) is 5.17. The molecule has 26 heavy (non-hydrogen) atoms. The van der Waals surface area contributed by atoms with Crippen molar-refractivity contribution in [2.75, 3.05) is 40.1 Å². The fourth-order valence-corrected chi connectivity index (χ4v) is 1.75. The van der Waals surface area contributed by atoms with Gasteiger partial charge < -0.3 is 23.7 Å². The summed E-state index contributed by atoms with van der Waals surface area (Å²) < 4.78 is 24.1. The van der Waals surface area contributed by atoms with Crippen LogP contribution < -0.4 is 0 Å². The molecule has 0 aliphatic heterocycles. The Kier molecular flexibility index (Phi) is 15.0. The van der Waals surface area contributed by atoms with E-state index in [4.69, 9.17) is 23.7 Å². The third kappa shape index (κ3) is 15.4. The van der Waals surface area contributed by atoms with Gasteiger partial charge in [0.05, 0.1) is 13.2 Å². The van der Waals surface area contributed by atoms with Crippen molar-refractivity contribution < 1.29 is 42.9 Å². The summed E-state index contributed by atoms with van der Waals surface area (Å²) in [6, 6.07) is 0. The summed E-state index contributed by atoms with van der Waals surface area (Å²) in [7, 11) is 1.50. The topological polar surface area (TPSA) is 114 Å². The van der Waals surface area contributed by atoms with Gasteiger partial charge in [-0.15, -0.1) is 0 Å². The molecule has 0 amide bonds. The highest BCUT2D eigenvalue weighted by Gasteiger charge is 2.09. The molecule has 0 N–H and O–H groups in total. The van der Waals surface area contributed by atoms with Crippen molar-refractivity contribution in [1.29, 1.82) is 0 Å². The van der Waals surface area contributed by atoms with E-state index in [-0.39, 0.29) is 51.5 Å². The monoisotopic (exact) mass is 376 g/mol. The second-order valence-electron chi connectivity index (χ2n) is 5.17. The predicted molar refractivity (Wildman–Crippen MR) is 89.1 cm³/mol. The van der Waals surface area contributed by atoms with Gasteiger partial charge >= 0.3 is 23.9 Å². The van der Waals surface area contributed by atoms with E-state index < -0.39 is 17.9 Å². The lowest BCUT2D eigenvalue weighted by atomic mass is 10.2. The molecule has 0 radical (unpaired) electrons. The van der Waals surface area contributed by atoms with Crippen LogP contribution in [0.1, 0.15) is 45.4 Å². The van der Waals surface area contributed by atoms with Crippen LogP contribution >= 0.6 is 0 Å². The van der Waals surface area contributed by atoms with Gasteiger partial charge in [0.1, 0.15) is 19.8 Å². The summed E-state index contributed by atoms with van der Waals surface area (Å²) in [5, 5.41) is 0. The van der Waals surface area contributed by atoms with Crippen molar-refractivity contribution in [1.82, 2.24) is 0 Å². The van der Waals surface area contributed by atoms with Crippen LogP contribution in [0.5, 0.6) is 0 Å². The molecule has 0 aromatic rings. The molecule has 150 valence electrons. The van der Waals surface area contributed by atoms with Crippen LogP contribution in [0.15, 0.2) is 0 Å². The summed E-state index contributed by atoms with van der Waals surface area (Å²) >= 11 is 0. The van der Waals surface area contributed by atoms with E-state index in [9.17, 15) is 19.2 Å². The fourth-order valence-electron chi connectivity index (χ4n) is 1.75. The second kappa shape index (κ2) is 16.3. The zero-order chi connectivity index (χ0) is 19.6. The lowest BCUT2D eigenvalue weighted by Gasteiger charge is -2.07. The number of ether oxygens (including phenoxy) is 5. The van der Waals surface area contributed by atoms with Crippen LogP contribution in [0, 0.1) is 0 Å². The molecule has 0 saturated carbocycles. The maximum absolute atomic E-state index is 11.5. The molecule has 0 aromatic heterocycles. The molecule has 0 aliphatic rings. The molecule has 0 rings (SSSR count). The molecule has 0 aromatic carbocycles. The Balaban J connectivity index is 3.54. The van der Waals surface area contributed by atoms with Crippen LogP contribution in [0.3, 0.4) is 0 Å². The van der Waals surface area contributed by atoms with E-state index in [2.05, 4.69) is 0 Å². The summed E-state index contributed by atoms with van der Waals surface area (Å²) in [5.74, 6) is -1.69. The Morgan fingerprint density at radius 3 is 1.27 bits per heavy atom. The molecule has 0 bridgehead atoms. The first-order valence-electron chi connectivity index (χ1n) is 8.61. The van der Waals surface area contributed by atoms with E-state index in [1.54, 1.807) is 6.92 Å². The molecule has 0 atom stereocenters. The number of methoxy groups -OCH3 is 1. The van der Waals surface area contributed by atoms with Gasteiger partial charge in [0.25, 0.3) is 0 Å². The minimum atomic E-state index is -0.479. The maximum Gasteiger partial charge on any atom is 0.305 e. The minimum Gasteiger partial charge on any atom is -0.466 e. The molecule has 0 aliphatic carbocycles. The van der Waals surface area contributed by atoms with Gasteiger partial charge in [-0.3, -0.25) is 19.2 Å². The van der Waals surface area contributed by atoms with Crippen molar-refractivity contribution in [3.05, 3.63) is 0 Å². The lowest BCUT2D eigenvalue weighted by Crippen LogP contribution is -2.15. The van der Waals surface area contributed by atoms with Crippen molar-refractivity contribution >= 4 is 23.9 Å². The van der Waals surface area contributed by atoms with Gasteiger partial charge in [0.2, 0.25) is 0 Å². The number of esters is 4. The van der Waals surface area contributed by atoms with E-state index in [1.807, 2.05) is 0 Å². The number of hydrogen-bond donors (Lipinski definition) is 0. The van der Waals surface area contributed by atoms with Gasteiger partial charge in [-0.2, -0.15) is 0 Å². The Hall–Kier alpha value is -2.16. The van der Waals surface area contributed by atoms with Crippen LogP contribution in [0.25, 0.3) is 0 Å². The first-order valence-corrected chi connectivity index (χ1v) is 8.61. The largest absolute Gasteiger partial charge is 0.466 e. The summed E-state index contributed by atoms with van der Waals surface area (Å²) in [4.78, 5) is 45.2. The van der Waals surface area contributed by atoms with Gasteiger partial charge in [0, 0.05) is 32.8 Å². The van der Waals surface area contributed by atoms with E-state index in [0.717, 1.165) is 0 Å². The Morgan fingerprint density at radius 1 is 0.577 bits per heavy atom. The van der Waals surface area contributed by atoms with Crippen LogP contribution in [-0.4, -0.2) is 64.0 Å². The summed E-state index contributed by atoms with van der Waals surface area (Å²) in [6.45, 7) is 2.43. The highest BCUT2D eigenvalue weighted by atomic mass is 16.6. The number of carbonyl (C=O) groups excluding carboxylic acids is 4. The molecule has 0 unspecified atom stereocenters. The average Bonchev–Trinajstić information content (AvgIpc) is 2.59. The third-order valence-corrected chi connectivity index (χ3v) is 2.99.